The number of amides is 2. The summed E-state index contributed by atoms with van der Waals surface area (Å²) in [5.74, 6) is -0.842. The van der Waals surface area contributed by atoms with Gasteiger partial charge in [0.25, 0.3) is 16.8 Å². The Hall–Kier alpha value is -3.64. The lowest BCUT2D eigenvalue weighted by molar-refractivity contribution is -0.384. The Morgan fingerprint density at radius 1 is 1.26 bits per heavy atom. The molecule has 0 aromatic heterocycles. The van der Waals surface area contributed by atoms with Crippen LogP contribution >= 0.6 is 11.8 Å². The number of phenolic OH excluding ortho intramolecular Hbond substituents is 1. The highest BCUT2D eigenvalue weighted by atomic mass is 32.2. The Balaban J connectivity index is 1.90. The molecule has 1 aliphatic rings. The lowest BCUT2D eigenvalue weighted by Gasteiger charge is -2.13. The average Bonchev–Trinajstić information content (AvgIpc) is 2.91. The number of carbonyl (C=O) groups excluding carboxylic acids is 2. The predicted octanol–water partition coefficient (Wildman–Crippen LogP) is 3.41. The molecule has 8 nitrogen and oxygen atoms in total. The Kier molecular flexibility index (Phi) is 4.92. The molecule has 2 aromatic carbocycles. The maximum Gasteiger partial charge on any atom is 0.293 e. The standard InChI is InChI=1S/C18H11N3O5S/c19-9-11-3-1-2-4-12(11)10-20-17(23)16(27-18(20)24)8-13-7-14(21(25)26)5-6-15(13)22/h1-8,22H,10H2/b16-8+. The van der Waals surface area contributed by atoms with Gasteiger partial charge in [0.1, 0.15) is 5.75 Å². The molecule has 0 bridgehead atoms. The third-order valence-corrected chi connectivity index (χ3v) is 4.76. The summed E-state index contributed by atoms with van der Waals surface area (Å²) in [5, 5.41) is 29.4. The molecule has 9 heteroatoms. The second-order valence-electron chi connectivity index (χ2n) is 5.54. The summed E-state index contributed by atoms with van der Waals surface area (Å²) >= 11 is 0.667. The number of thioether (sulfide) groups is 1. The van der Waals surface area contributed by atoms with Crippen molar-refractivity contribution in [2.45, 2.75) is 6.54 Å². The van der Waals surface area contributed by atoms with Crippen molar-refractivity contribution in [1.29, 1.82) is 5.26 Å². The van der Waals surface area contributed by atoms with Crippen molar-refractivity contribution in [3.05, 3.63) is 74.2 Å². The number of aromatic hydroxyl groups is 1. The van der Waals surface area contributed by atoms with Crippen LogP contribution in [0.5, 0.6) is 5.75 Å². The van der Waals surface area contributed by atoms with E-state index in [1.807, 2.05) is 6.07 Å². The minimum atomic E-state index is -0.624. The summed E-state index contributed by atoms with van der Waals surface area (Å²) in [6, 6.07) is 12.0. The summed E-state index contributed by atoms with van der Waals surface area (Å²) in [4.78, 5) is 36.1. The van der Waals surface area contributed by atoms with Gasteiger partial charge in [0.05, 0.1) is 28.0 Å². The SMILES string of the molecule is N#Cc1ccccc1CN1C(=O)S/C(=C/c2cc([N+](=O)[O-])ccc2O)C1=O. The second kappa shape index (κ2) is 7.31. The van der Waals surface area contributed by atoms with Gasteiger partial charge in [0.2, 0.25) is 0 Å². The molecule has 0 aliphatic carbocycles. The largest absolute Gasteiger partial charge is 0.507 e. The maximum absolute atomic E-state index is 12.6. The number of hydrogen-bond acceptors (Lipinski definition) is 7. The molecular formula is C18H11N3O5S. The minimum absolute atomic E-state index is 0.0326. The highest BCUT2D eigenvalue weighted by molar-refractivity contribution is 8.18. The smallest absolute Gasteiger partial charge is 0.293 e. The van der Waals surface area contributed by atoms with Gasteiger partial charge in [0.15, 0.2) is 0 Å². The Labute approximate surface area is 157 Å². The van der Waals surface area contributed by atoms with E-state index in [9.17, 15) is 24.8 Å². The molecule has 3 rings (SSSR count). The molecule has 2 aromatic rings. The fraction of sp³-hybridized carbons (Fsp3) is 0.0556. The van der Waals surface area contributed by atoms with Crippen LogP contribution in [-0.4, -0.2) is 26.1 Å². The number of hydrogen-bond donors (Lipinski definition) is 1. The van der Waals surface area contributed by atoms with Crippen molar-refractivity contribution >= 4 is 34.7 Å². The summed E-state index contributed by atoms with van der Waals surface area (Å²) in [7, 11) is 0. The van der Waals surface area contributed by atoms with Crippen LogP contribution in [0.25, 0.3) is 6.08 Å². The van der Waals surface area contributed by atoms with E-state index in [0.29, 0.717) is 22.9 Å². The summed E-state index contributed by atoms with van der Waals surface area (Å²) < 4.78 is 0. The fourth-order valence-corrected chi connectivity index (χ4v) is 3.32. The Morgan fingerprint density at radius 2 is 2.00 bits per heavy atom. The third-order valence-electron chi connectivity index (χ3n) is 3.85. The molecule has 1 fully saturated rings. The molecule has 1 N–H and O–H groups in total. The van der Waals surface area contributed by atoms with E-state index in [0.717, 1.165) is 23.1 Å². The number of rotatable bonds is 4. The quantitative estimate of drug-likeness (QED) is 0.489. The predicted molar refractivity (Wildman–Crippen MR) is 97.4 cm³/mol. The van der Waals surface area contributed by atoms with Gasteiger partial charge in [-0.1, -0.05) is 18.2 Å². The molecule has 0 radical (unpaired) electrons. The zero-order chi connectivity index (χ0) is 19.6. The maximum atomic E-state index is 12.6. The van der Waals surface area contributed by atoms with Crippen LogP contribution in [0.4, 0.5) is 10.5 Å². The first-order valence-corrected chi connectivity index (χ1v) is 8.43. The molecule has 134 valence electrons. The number of nitro benzene ring substituents is 1. The molecule has 0 atom stereocenters. The van der Waals surface area contributed by atoms with Crippen LogP contribution in [-0.2, 0) is 11.3 Å². The monoisotopic (exact) mass is 381 g/mol. The van der Waals surface area contributed by atoms with Crippen LogP contribution < -0.4 is 0 Å². The molecular weight excluding hydrogens is 370 g/mol. The molecule has 1 heterocycles. The lowest BCUT2D eigenvalue weighted by Crippen LogP contribution is -2.27. The van der Waals surface area contributed by atoms with Gasteiger partial charge in [0, 0.05) is 17.7 Å². The molecule has 2 amide bonds. The van der Waals surface area contributed by atoms with E-state index < -0.39 is 16.1 Å². The van der Waals surface area contributed by atoms with Gasteiger partial charge in [-0.3, -0.25) is 24.6 Å². The number of imide groups is 1. The second-order valence-corrected chi connectivity index (χ2v) is 6.53. The number of carbonyl (C=O) groups is 2. The van der Waals surface area contributed by atoms with Crippen molar-refractivity contribution in [3.63, 3.8) is 0 Å². The van der Waals surface area contributed by atoms with Crippen molar-refractivity contribution in [3.8, 4) is 11.8 Å². The van der Waals surface area contributed by atoms with Crippen molar-refractivity contribution in [2.75, 3.05) is 0 Å². The van der Waals surface area contributed by atoms with Gasteiger partial charge in [-0.15, -0.1) is 0 Å². The number of phenols is 1. The summed E-state index contributed by atoms with van der Waals surface area (Å²) in [5.41, 5.74) is 0.701. The molecule has 27 heavy (non-hydrogen) atoms. The normalized spacial score (nSPS) is 15.2. The number of benzene rings is 2. The van der Waals surface area contributed by atoms with Gasteiger partial charge in [-0.05, 0) is 35.5 Å². The fourth-order valence-electron chi connectivity index (χ4n) is 2.49. The number of nitrogens with zero attached hydrogens (tertiary/aromatic N) is 3. The number of nitro groups is 1. The molecule has 0 spiro atoms. The van der Waals surface area contributed by atoms with E-state index in [2.05, 4.69) is 0 Å². The van der Waals surface area contributed by atoms with E-state index in [-0.39, 0.29) is 28.5 Å². The van der Waals surface area contributed by atoms with E-state index in [1.54, 1.807) is 24.3 Å². The van der Waals surface area contributed by atoms with E-state index in [1.165, 1.54) is 6.08 Å². The Morgan fingerprint density at radius 3 is 2.70 bits per heavy atom. The molecule has 0 unspecified atom stereocenters. The number of nitriles is 1. The van der Waals surface area contributed by atoms with E-state index in [4.69, 9.17) is 5.26 Å². The van der Waals surface area contributed by atoms with Gasteiger partial charge < -0.3 is 5.11 Å². The number of non-ortho nitro benzene ring substituents is 1. The van der Waals surface area contributed by atoms with Crippen molar-refractivity contribution in [2.24, 2.45) is 0 Å². The van der Waals surface area contributed by atoms with Crippen LogP contribution in [0.2, 0.25) is 0 Å². The highest BCUT2D eigenvalue weighted by Crippen LogP contribution is 2.35. The van der Waals surface area contributed by atoms with Crippen LogP contribution in [0.1, 0.15) is 16.7 Å². The van der Waals surface area contributed by atoms with E-state index >= 15 is 0 Å². The summed E-state index contributed by atoms with van der Waals surface area (Å²) in [6.07, 6.45) is 1.24. The first kappa shape index (κ1) is 18.2. The first-order chi connectivity index (χ1) is 12.9. The topological polar surface area (TPSA) is 125 Å². The summed E-state index contributed by atoms with van der Waals surface area (Å²) in [6.45, 7) is -0.0628. The Bertz CT molecular complexity index is 1040. The zero-order valence-electron chi connectivity index (χ0n) is 13.7. The van der Waals surface area contributed by atoms with Gasteiger partial charge in [-0.2, -0.15) is 5.26 Å². The van der Waals surface area contributed by atoms with Crippen molar-refractivity contribution in [1.82, 2.24) is 4.90 Å². The average molecular weight is 381 g/mol. The lowest BCUT2D eigenvalue weighted by atomic mass is 10.1. The van der Waals surface area contributed by atoms with Gasteiger partial charge >= 0.3 is 0 Å². The molecule has 1 saturated heterocycles. The van der Waals surface area contributed by atoms with Crippen LogP contribution in [0.3, 0.4) is 0 Å². The van der Waals surface area contributed by atoms with Crippen LogP contribution in [0, 0.1) is 21.4 Å². The highest BCUT2D eigenvalue weighted by Gasteiger charge is 2.35. The zero-order valence-corrected chi connectivity index (χ0v) is 14.5. The van der Waals surface area contributed by atoms with Crippen molar-refractivity contribution < 1.29 is 19.6 Å². The minimum Gasteiger partial charge on any atom is -0.507 e. The molecule has 0 saturated carbocycles. The van der Waals surface area contributed by atoms with Crippen LogP contribution in [0.15, 0.2) is 47.4 Å². The first-order valence-electron chi connectivity index (χ1n) is 7.61. The van der Waals surface area contributed by atoms with Gasteiger partial charge in [-0.25, -0.2) is 0 Å². The third kappa shape index (κ3) is 3.65. The molecule has 1 aliphatic heterocycles.